The molecule has 2 unspecified atom stereocenters. The lowest BCUT2D eigenvalue weighted by Crippen LogP contribution is -2.47. The summed E-state index contributed by atoms with van der Waals surface area (Å²) in [6.07, 6.45) is 2.45. The number of fused-ring (bicyclic) bond motifs is 2. The summed E-state index contributed by atoms with van der Waals surface area (Å²) in [4.78, 5) is 0.347. The van der Waals surface area contributed by atoms with Crippen molar-refractivity contribution in [2.24, 2.45) is 0 Å². The molecule has 116 valence electrons. The highest BCUT2D eigenvalue weighted by molar-refractivity contribution is 7.89. The molecule has 0 aliphatic carbocycles. The van der Waals surface area contributed by atoms with Crippen molar-refractivity contribution in [3.63, 3.8) is 0 Å². The maximum atomic E-state index is 13.1. The number of nitrogens with one attached hydrogen (secondary N) is 1. The van der Waals surface area contributed by atoms with Crippen LogP contribution in [0.25, 0.3) is 0 Å². The SMILES string of the molecule is CCNc1ccccc1S(=O)(=O)N1C2CCC1CC(O)C2. The predicted octanol–water partition coefficient (Wildman–Crippen LogP) is 1.79. The van der Waals surface area contributed by atoms with Crippen LogP contribution in [-0.4, -0.2) is 42.6 Å². The van der Waals surface area contributed by atoms with Gasteiger partial charge in [-0.05, 0) is 44.7 Å². The van der Waals surface area contributed by atoms with Crippen LogP contribution in [0.3, 0.4) is 0 Å². The van der Waals surface area contributed by atoms with Crippen LogP contribution in [0, 0.1) is 0 Å². The van der Waals surface area contributed by atoms with E-state index in [1.54, 1.807) is 22.5 Å². The number of nitrogens with zero attached hydrogens (tertiary/aromatic N) is 1. The van der Waals surface area contributed by atoms with E-state index in [4.69, 9.17) is 0 Å². The summed E-state index contributed by atoms with van der Waals surface area (Å²) in [5.74, 6) is 0. The smallest absolute Gasteiger partial charge is 0.245 e. The van der Waals surface area contributed by atoms with E-state index in [1.807, 2.05) is 13.0 Å². The zero-order valence-corrected chi connectivity index (χ0v) is 13.0. The first kappa shape index (κ1) is 14.8. The topological polar surface area (TPSA) is 69.6 Å². The third kappa shape index (κ3) is 2.56. The summed E-state index contributed by atoms with van der Waals surface area (Å²) in [6.45, 7) is 2.63. The number of aliphatic hydroxyl groups is 1. The fourth-order valence-electron chi connectivity index (χ4n) is 3.64. The van der Waals surface area contributed by atoms with Gasteiger partial charge in [0.2, 0.25) is 10.0 Å². The van der Waals surface area contributed by atoms with Crippen LogP contribution in [0.15, 0.2) is 29.2 Å². The Balaban J connectivity index is 1.98. The van der Waals surface area contributed by atoms with Crippen molar-refractivity contribution in [2.75, 3.05) is 11.9 Å². The van der Waals surface area contributed by atoms with Crippen molar-refractivity contribution < 1.29 is 13.5 Å². The second-order valence-corrected chi connectivity index (χ2v) is 7.68. The minimum atomic E-state index is -3.51. The molecule has 2 aliphatic rings. The van der Waals surface area contributed by atoms with Crippen LogP contribution in [0.5, 0.6) is 0 Å². The number of benzene rings is 1. The largest absolute Gasteiger partial charge is 0.393 e. The molecule has 0 spiro atoms. The predicted molar refractivity (Wildman–Crippen MR) is 81.7 cm³/mol. The molecule has 0 aromatic heterocycles. The Hall–Kier alpha value is -1.11. The molecule has 5 nitrogen and oxygen atoms in total. The molecular formula is C15H22N2O3S. The molecule has 2 N–H and O–H groups in total. The van der Waals surface area contributed by atoms with Gasteiger partial charge in [0.25, 0.3) is 0 Å². The summed E-state index contributed by atoms with van der Waals surface area (Å²) < 4.78 is 27.8. The molecule has 1 aromatic rings. The first-order valence-electron chi connectivity index (χ1n) is 7.58. The Bertz CT molecular complexity index is 603. The van der Waals surface area contributed by atoms with Gasteiger partial charge < -0.3 is 10.4 Å². The number of anilines is 1. The molecule has 2 fully saturated rings. The highest BCUT2D eigenvalue weighted by atomic mass is 32.2. The molecule has 21 heavy (non-hydrogen) atoms. The van der Waals surface area contributed by atoms with Crippen molar-refractivity contribution >= 4 is 15.7 Å². The first-order valence-corrected chi connectivity index (χ1v) is 9.02. The Kier molecular flexibility index (Phi) is 3.94. The molecule has 2 aliphatic heterocycles. The summed E-state index contributed by atoms with van der Waals surface area (Å²) >= 11 is 0. The number of rotatable bonds is 4. The van der Waals surface area contributed by atoms with Gasteiger partial charge in [0, 0.05) is 18.6 Å². The molecule has 2 saturated heterocycles. The van der Waals surface area contributed by atoms with Gasteiger partial charge in [-0.15, -0.1) is 0 Å². The standard InChI is InChI=1S/C15H22N2O3S/c1-2-16-14-5-3-4-6-15(14)21(19,20)17-11-7-8-12(17)10-13(18)9-11/h3-6,11-13,16,18H,2,7-10H2,1H3. The number of para-hydroxylation sites is 1. The van der Waals surface area contributed by atoms with Gasteiger partial charge in [0.05, 0.1) is 11.8 Å². The fourth-order valence-corrected chi connectivity index (χ4v) is 5.70. The van der Waals surface area contributed by atoms with Crippen molar-refractivity contribution in [3.8, 4) is 0 Å². The monoisotopic (exact) mass is 310 g/mol. The molecule has 2 atom stereocenters. The molecule has 0 saturated carbocycles. The number of sulfonamides is 1. The van der Waals surface area contributed by atoms with E-state index in [9.17, 15) is 13.5 Å². The summed E-state index contributed by atoms with van der Waals surface area (Å²) in [5.41, 5.74) is 0.658. The van der Waals surface area contributed by atoms with Crippen LogP contribution in [0.1, 0.15) is 32.6 Å². The zero-order valence-electron chi connectivity index (χ0n) is 12.2. The van der Waals surface area contributed by atoms with Gasteiger partial charge in [-0.2, -0.15) is 4.31 Å². The van der Waals surface area contributed by atoms with Gasteiger partial charge >= 0.3 is 0 Å². The van der Waals surface area contributed by atoms with Crippen LogP contribution in [0.4, 0.5) is 5.69 Å². The summed E-state index contributed by atoms with van der Waals surface area (Å²) in [6, 6.07) is 6.95. The minimum Gasteiger partial charge on any atom is -0.393 e. The van der Waals surface area contributed by atoms with E-state index < -0.39 is 10.0 Å². The molecule has 2 heterocycles. The number of hydrogen-bond acceptors (Lipinski definition) is 4. The quantitative estimate of drug-likeness (QED) is 0.889. The summed E-state index contributed by atoms with van der Waals surface area (Å²) in [7, 11) is -3.51. The molecule has 2 bridgehead atoms. The lowest BCUT2D eigenvalue weighted by atomic mass is 10.0. The maximum absolute atomic E-state index is 13.1. The summed E-state index contributed by atoms with van der Waals surface area (Å²) in [5, 5.41) is 13.0. The van der Waals surface area contributed by atoms with Gasteiger partial charge in [-0.25, -0.2) is 8.42 Å². The normalized spacial score (nSPS) is 29.5. The zero-order chi connectivity index (χ0) is 15.0. The molecule has 6 heteroatoms. The van der Waals surface area contributed by atoms with E-state index in [2.05, 4.69) is 5.32 Å². The molecule has 0 radical (unpaired) electrons. The van der Waals surface area contributed by atoms with Gasteiger partial charge in [-0.3, -0.25) is 0 Å². The number of piperidine rings is 1. The van der Waals surface area contributed by atoms with Gasteiger partial charge in [-0.1, -0.05) is 12.1 Å². The molecular weight excluding hydrogens is 288 g/mol. The van der Waals surface area contributed by atoms with Crippen LogP contribution in [-0.2, 0) is 10.0 Å². The third-order valence-electron chi connectivity index (χ3n) is 4.45. The minimum absolute atomic E-state index is 0.0570. The van der Waals surface area contributed by atoms with E-state index in [0.29, 0.717) is 30.0 Å². The van der Waals surface area contributed by atoms with Crippen molar-refractivity contribution in [3.05, 3.63) is 24.3 Å². The average molecular weight is 310 g/mol. The lowest BCUT2D eigenvalue weighted by Gasteiger charge is -2.36. The van der Waals surface area contributed by atoms with E-state index in [1.165, 1.54) is 0 Å². The van der Waals surface area contributed by atoms with Gasteiger partial charge in [0.1, 0.15) is 4.90 Å². The highest BCUT2D eigenvalue weighted by Gasteiger charge is 2.47. The van der Waals surface area contributed by atoms with Crippen LogP contribution >= 0.6 is 0 Å². The molecule has 0 amide bonds. The Morgan fingerprint density at radius 3 is 2.48 bits per heavy atom. The van der Waals surface area contributed by atoms with Crippen molar-refractivity contribution in [2.45, 2.75) is 55.7 Å². The van der Waals surface area contributed by atoms with Crippen molar-refractivity contribution in [1.82, 2.24) is 4.31 Å². The second kappa shape index (κ2) is 5.59. The van der Waals surface area contributed by atoms with Crippen LogP contribution in [0.2, 0.25) is 0 Å². The van der Waals surface area contributed by atoms with E-state index >= 15 is 0 Å². The second-order valence-electron chi connectivity index (χ2n) is 5.87. The maximum Gasteiger partial charge on any atom is 0.245 e. The average Bonchev–Trinajstić information content (AvgIpc) is 2.73. The third-order valence-corrected chi connectivity index (χ3v) is 6.51. The Labute approximate surface area is 126 Å². The Morgan fingerprint density at radius 2 is 1.86 bits per heavy atom. The lowest BCUT2D eigenvalue weighted by molar-refractivity contribution is 0.0769. The first-order chi connectivity index (χ1) is 10.0. The van der Waals surface area contributed by atoms with Crippen LogP contribution < -0.4 is 5.32 Å². The van der Waals surface area contributed by atoms with Crippen molar-refractivity contribution in [1.29, 1.82) is 0 Å². The molecule has 3 rings (SSSR count). The molecule has 1 aromatic carbocycles. The fraction of sp³-hybridized carbons (Fsp3) is 0.600. The number of aliphatic hydroxyl groups excluding tert-OH is 1. The van der Waals surface area contributed by atoms with E-state index in [0.717, 1.165) is 12.8 Å². The van der Waals surface area contributed by atoms with E-state index in [-0.39, 0.29) is 18.2 Å². The number of hydrogen-bond donors (Lipinski definition) is 2. The highest BCUT2D eigenvalue weighted by Crippen LogP contribution is 2.40. The van der Waals surface area contributed by atoms with Gasteiger partial charge in [0.15, 0.2) is 0 Å². The Morgan fingerprint density at radius 1 is 1.24 bits per heavy atom.